The molecule has 0 saturated carbocycles. The van der Waals surface area contributed by atoms with E-state index in [1.807, 2.05) is 0 Å². The van der Waals surface area contributed by atoms with Crippen molar-refractivity contribution in [3.05, 3.63) is 47.3 Å². The summed E-state index contributed by atoms with van der Waals surface area (Å²) in [5.41, 5.74) is 8.43. The molecule has 0 saturated heterocycles. The van der Waals surface area contributed by atoms with Gasteiger partial charge >= 0.3 is 0 Å². The number of rotatable bonds is 5. The maximum Gasteiger partial charge on any atom is 0.0840 e. The maximum absolute atomic E-state index is 8.68. The molecule has 0 amide bonds. The van der Waals surface area contributed by atoms with Gasteiger partial charge in [0, 0.05) is 18.4 Å². The average Bonchev–Trinajstić information content (AvgIpc) is 2.29. The number of aliphatic hydroxyl groups is 1. The van der Waals surface area contributed by atoms with Crippen molar-refractivity contribution in [2.75, 3.05) is 6.61 Å². The Kier molecular flexibility index (Phi) is 4.71. The lowest BCUT2D eigenvalue weighted by atomic mass is 10.1. The number of aryl methyl sites for hydroxylation is 1. The van der Waals surface area contributed by atoms with Gasteiger partial charge in [-0.3, -0.25) is 0 Å². The van der Waals surface area contributed by atoms with E-state index in [4.69, 9.17) is 10.8 Å². The maximum atomic E-state index is 8.68. The van der Waals surface area contributed by atoms with E-state index in [-0.39, 0.29) is 6.61 Å². The van der Waals surface area contributed by atoms with Crippen LogP contribution in [0, 0.1) is 0 Å². The van der Waals surface area contributed by atoms with Crippen LogP contribution in [0.4, 0.5) is 0 Å². The molecule has 0 atom stereocenters. The Labute approximate surface area is 90.6 Å². The summed E-state index contributed by atoms with van der Waals surface area (Å²) >= 11 is 0. The molecule has 3 heteroatoms. The lowest BCUT2D eigenvalue weighted by Crippen LogP contribution is -2.11. The van der Waals surface area contributed by atoms with E-state index in [1.165, 1.54) is 11.1 Å². The van der Waals surface area contributed by atoms with Crippen LogP contribution in [0.2, 0.25) is 0 Å². The molecule has 1 aromatic carbocycles. The first kappa shape index (κ1) is 11.6. The largest absolute Gasteiger partial charge is 0.399 e. The summed E-state index contributed by atoms with van der Waals surface area (Å²) in [5.74, 6) is 0. The minimum Gasteiger partial charge on any atom is -0.399 e. The molecular weight excluding hydrogens is 188 g/mol. The minimum atomic E-state index is -0.109. The lowest BCUT2D eigenvalue weighted by Gasteiger charge is -2.04. The molecule has 4 N–H and O–H groups in total. The molecule has 0 radical (unpaired) electrons. The lowest BCUT2D eigenvalue weighted by molar-refractivity contribution is 0.329. The molecule has 0 unspecified atom stereocenters. The Morgan fingerprint density at radius 1 is 1.47 bits per heavy atom. The van der Waals surface area contributed by atoms with Gasteiger partial charge in [-0.05, 0) is 17.5 Å². The van der Waals surface area contributed by atoms with Crippen LogP contribution in [0.5, 0.6) is 0 Å². The molecule has 0 bridgehead atoms. The van der Waals surface area contributed by atoms with Crippen LogP contribution < -0.4 is 11.1 Å². The van der Waals surface area contributed by atoms with Crippen LogP contribution in [0.3, 0.4) is 0 Å². The predicted molar refractivity (Wildman–Crippen MR) is 62.0 cm³/mol. The topological polar surface area (TPSA) is 58.3 Å². The van der Waals surface area contributed by atoms with Crippen molar-refractivity contribution in [1.29, 1.82) is 0 Å². The second-order valence-electron chi connectivity index (χ2n) is 3.43. The van der Waals surface area contributed by atoms with Gasteiger partial charge < -0.3 is 16.2 Å². The molecule has 1 aromatic rings. The van der Waals surface area contributed by atoms with Gasteiger partial charge in [0.1, 0.15) is 0 Å². The monoisotopic (exact) mass is 206 g/mol. The van der Waals surface area contributed by atoms with E-state index in [0.29, 0.717) is 5.70 Å². The van der Waals surface area contributed by atoms with E-state index < -0.39 is 0 Å². The summed E-state index contributed by atoms with van der Waals surface area (Å²) in [6.07, 6.45) is 2.68. The van der Waals surface area contributed by atoms with Crippen molar-refractivity contribution in [3.8, 4) is 0 Å². The molecule has 1 rings (SSSR count). The Hall–Kier alpha value is -1.48. The highest BCUT2D eigenvalue weighted by Gasteiger charge is 1.93. The van der Waals surface area contributed by atoms with Crippen molar-refractivity contribution in [2.24, 2.45) is 5.73 Å². The highest BCUT2D eigenvalue weighted by atomic mass is 16.3. The van der Waals surface area contributed by atoms with Gasteiger partial charge in [-0.25, -0.2) is 0 Å². The second-order valence-corrected chi connectivity index (χ2v) is 3.43. The van der Waals surface area contributed by atoms with Crippen molar-refractivity contribution in [2.45, 2.75) is 19.9 Å². The van der Waals surface area contributed by atoms with Crippen molar-refractivity contribution in [1.82, 2.24) is 5.32 Å². The summed E-state index contributed by atoms with van der Waals surface area (Å²) in [4.78, 5) is 0. The Morgan fingerprint density at radius 3 is 2.87 bits per heavy atom. The summed E-state index contributed by atoms with van der Waals surface area (Å²) in [5, 5.41) is 11.7. The van der Waals surface area contributed by atoms with E-state index >= 15 is 0 Å². The zero-order valence-electron chi connectivity index (χ0n) is 9.03. The fourth-order valence-electron chi connectivity index (χ4n) is 1.31. The standard InChI is InChI=1S/C12H18N2O/c1-2-10-4-3-5-11(6-10)7-14-8-12(13)9-15/h3-6,8,14-15H,2,7,9,13H2,1H3/b12-8-. The van der Waals surface area contributed by atoms with Crippen LogP contribution in [0.25, 0.3) is 0 Å². The predicted octanol–water partition coefficient (Wildman–Crippen LogP) is 1.13. The van der Waals surface area contributed by atoms with E-state index in [0.717, 1.165) is 13.0 Å². The number of nitrogens with one attached hydrogen (secondary N) is 1. The highest BCUT2D eigenvalue weighted by Crippen LogP contribution is 2.05. The van der Waals surface area contributed by atoms with Gasteiger partial charge in [-0.1, -0.05) is 31.2 Å². The first-order valence-corrected chi connectivity index (χ1v) is 5.12. The SMILES string of the molecule is CCc1cccc(CN/C=C(\N)CO)c1. The number of hydrogen-bond donors (Lipinski definition) is 3. The Balaban J connectivity index is 2.50. The smallest absolute Gasteiger partial charge is 0.0840 e. The summed E-state index contributed by atoms with van der Waals surface area (Å²) in [6.45, 7) is 2.76. The first-order valence-electron chi connectivity index (χ1n) is 5.12. The third-order valence-corrected chi connectivity index (χ3v) is 2.18. The molecule has 0 aliphatic rings. The number of aliphatic hydroxyl groups excluding tert-OH is 1. The molecule has 0 aromatic heterocycles. The van der Waals surface area contributed by atoms with Gasteiger partial charge in [0.05, 0.1) is 6.61 Å². The van der Waals surface area contributed by atoms with Crippen molar-refractivity contribution in [3.63, 3.8) is 0 Å². The highest BCUT2D eigenvalue weighted by molar-refractivity contribution is 5.23. The van der Waals surface area contributed by atoms with Gasteiger partial charge in [-0.2, -0.15) is 0 Å². The van der Waals surface area contributed by atoms with Crippen LogP contribution in [-0.4, -0.2) is 11.7 Å². The number of benzene rings is 1. The molecule has 3 nitrogen and oxygen atoms in total. The fraction of sp³-hybridized carbons (Fsp3) is 0.333. The molecule has 0 aliphatic heterocycles. The first-order chi connectivity index (χ1) is 7.26. The average molecular weight is 206 g/mol. The van der Waals surface area contributed by atoms with Gasteiger partial charge in [0.2, 0.25) is 0 Å². The minimum absolute atomic E-state index is 0.109. The molecule has 15 heavy (non-hydrogen) atoms. The second kappa shape index (κ2) is 6.09. The third-order valence-electron chi connectivity index (χ3n) is 2.18. The van der Waals surface area contributed by atoms with E-state index in [1.54, 1.807) is 6.20 Å². The summed E-state index contributed by atoms with van der Waals surface area (Å²) in [7, 11) is 0. The normalized spacial score (nSPS) is 11.5. The molecular formula is C12H18N2O. The fourth-order valence-corrected chi connectivity index (χ4v) is 1.31. The van der Waals surface area contributed by atoms with Crippen molar-refractivity contribution < 1.29 is 5.11 Å². The molecule has 0 fully saturated rings. The molecule has 0 spiro atoms. The van der Waals surface area contributed by atoms with Gasteiger partial charge in [0.15, 0.2) is 0 Å². The third kappa shape index (κ3) is 4.04. The van der Waals surface area contributed by atoms with E-state index in [9.17, 15) is 0 Å². The van der Waals surface area contributed by atoms with Crippen LogP contribution in [0.15, 0.2) is 36.2 Å². The summed E-state index contributed by atoms with van der Waals surface area (Å²) in [6, 6.07) is 8.39. The van der Waals surface area contributed by atoms with Gasteiger partial charge in [-0.15, -0.1) is 0 Å². The number of nitrogens with two attached hydrogens (primary N) is 1. The summed E-state index contributed by atoms with van der Waals surface area (Å²) < 4.78 is 0. The Bertz CT molecular complexity index is 334. The zero-order chi connectivity index (χ0) is 11.1. The molecule has 0 heterocycles. The molecule has 82 valence electrons. The van der Waals surface area contributed by atoms with Crippen LogP contribution >= 0.6 is 0 Å². The van der Waals surface area contributed by atoms with Crippen LogP contribution in [-0.2, 0) is 13.0 Å². The van der Waals surface area contributed by atoms with Crippen molar-refractivity contribution >= 4 is 0 Å². The Morgan fingerprint density at radius 2 is 2.20 bits per heavy atom. The van der Waals surface area contributed by atoms with Crippen LogP contribution in [0.1, 0.15) is 18.1 Å². The number of hydrogen-bond acceptors (Lipinski definition) is 3. The van der Waals surface area contributed by atoms with E-state index in [2.05, 4.69) is 36.5 Å². The van der Waals surface area contributed by atoms with Gasteiger partial charge in [0.25, 0.3) is 0 Å². The molecule has 0 aliphatic carbocycles. The zero-order valence-corrected chi connectivity index (χ0v) is 9.03. The quantitative estimate of drug-likeness (QED) is 0.677.